The van der Waals surface area contributed by atoms with Crippen molar-refractivity contribution in [3.8, 4) is 11.1 Å². The van der Waals surface area contributed by atoms with Gasteiger partial charge in [0.1, 0.15) is 11.2 Å². The predicted octanol–water partition coefficient (Wildman–Crippen LogP) is 15.6. The Balaban J connectivity index is 0.000000301. The van der Waals surface area contributed by atoms with E-state index < -0.39 is 0 Å². The van der Waals surface area contributed by atoms with E-state index in [1.165, 1.54) is 0 Å². The van der Waals surface area contributed by atoms with E-state index in [1.54, 1.807) is 48.6 Å². The van der Waals surface area contributed by atoms with Gasteiger partial charge in [-0.05, 0) is 120 Å². The zero-order valence-electron chi connectivity index (χ0n) is 37.8. The number of para-hydroxylation sites is 4. The van der Waals surface area contributed by atoms with E-state index in [-0.39, 0.29) is 22.8 Å². The lowest BCUT2D eigenvalue weighted by Gasteiger charge is -2.26. The molecule has 0 atom stereocenters. The highest BCUT2D eigenvalue weighted by Crippen LogP contribution is 2.45. The van der Waals surface area contributed by atoms with E-state index in [9.17, 15) is 0 Å². The number of nitrogens with zero attached hydrogens (tertiary/aromatic N) is 2. The Bertz CT molecular complexity index is 3490. The van der Waals surface area contributed by atoms with Gasteiger partial charge in [0.2, 0.25) is 0 Å². The molecule has 0 saturated carbocycles. The molecule has 0 saturated heterocycles. The fourth-order valence-electron chi connectivity index (χ4n) is 8.57. The normalized spacial score (nSPS) is 12.9. The highest BCUT2D eigenvalue weighted by Gasteiger charge is 2.21. The van der Waals surface area contributed by atoms with E-state index in [2.05, 4.69) is 119 Å². The summed E-state index contributed by atoms with van der Waals surface area (Å²) in [7, 11) is 0. The number of allylic oxidation sites excluding steroid dienone is 8. The Morgan fingerprint density at radius 2 is 0.671 bits per heavy atom. The van der Waals surface area contributed by atoms with Crippen LogP contribution < -0.4 is 21.3 Å². The van der Waals surface area contributed by atoms with Crippen molar-refractivity contribution in [2.45, 2.75) is 0 Å². The first kappa shape index (κ1) is 44.1. The summed E-state index contributed by atoms with van der Waals surface area (Å²) in [5.41, 5.74) is 26.4. The van der Waals surface area contributed by atoms with E-state index >= 15 is 0 Å². The van der Waals surface area contributed by atoms with Crippen molar-refractivity contribution in [1.82, 2.24) is 0 Å². The second-order valence-corrected chi connectivity index (χ2v) is 16.5. The van der Waals surface area contributed by atoms with Crippen molar-refractivity contribution in [3.05, 3.63) is 231 Å². The van der Waals surface area contributed by atoms with E-state index in [0.29, 0.717) is 11.4 Å². The first-order valence-corrected chi connectivity index (χ1v) is 22.6. The summed E-state index contributed by atoms with van der Waals surface area (Å²) in [6.07, 6.45) is 13.4. The molecule has 0 radical (unpaired) electrons. The van der Waals surface area contributed by atoms with Crippen LogP contribution in [0.25, 0.3) is 55.0 Å². The SMILES string of the molecule is N=C1C=CC=CC1=N.N=C1C=CC=CC1=N.Nc1cccc(N(c2ccc(-c3ccc(N(c4cccc(N)c4)c4cccc5c4oc4ccccc45)cc3)cc2)c2cccc3c2oc2ccccc23)c1. The molecular weight excluding hydrogens is 865 g/mol. The van der Waals surface area contributed by atoms with Gasteiger partial charge in [-0.1, -0.05) is 121 Å². The molecule has 0 spiro atoms. The van der Waals surface area contributed by atoms with Gasteiger partial charge in [-0.2, -0.15) is 0 Å². The van der Waals surface area contributed by atoms with Gasteiger partial charge in [-0.15, -0.1) is 0 Å². The summed E-state index contributed by atoms with van der Waals surface area (Å²) < 4.78 is 13.0. The highest BCUT2D eigenvalue weighted by atomic mass is 16.3. The largest absolute Gasteiger partial charge is 0.454 e. The van der Waals surface area contributed by atoms with Crippen LogP contribution in [0.3, 0.4) is 0 Å². The quantitative estimate of drug-likeness (QED) is 0.0684. The number of fused-ring (bicyclic) bond motifs is 6. The number of nitrogens with one attached hydrogen (secondary N) is 4. The molecule has 0 aliphatic heterocycles. The monoisotopic (exact) mass is 910 g/mol. The van der Waals surface area contributed by atoms with Gasteiger partial charge in [0.25, 0.3) is 0 Å². The molecule has 0 fully saturated rings. The van der Waals surface area contributed by atoms with Crippen molar-refractivity contribution in [2.75, 3.05) is 21.3 Å². The lowest BCUT2D eigenvalue weighted by Crippen LogP contribution is -2.10. The van der Waals surface area contributed by atoms with Gasteiger partial charge in [0.15, 0.2) is 11.2 Å². The molecule has 8 N–H and O–H groups in total. The second-order valence-electron chi connectivity index (χ2n) is 16.5. The Morgan fingerprint density at radius 1 is 0.329 bits per heavy atom. The third-order valence-corrected chi connectivity index (χ3v) is 11.9. The molecule has 12 rings (SSSR count). The van der Waals surface area contributed by atoms with Crippen molar-refractivity contribution in [2.24, 2.45) is 0 Å². The topological polar surface area (TPSA) is 180 Å². The van der Waals surface area contributed by atoms with Gasteiger partial charge in [0.05, 0.1) is 34.2 Å². The van der Waals surface area contributed by atoms with Crippen molar-refractivity contribution in [3.63, 3.8) is 0 Å². The average Bonchev–Trinajstić information content (AvgIpc) is 3.97. The predicted molar refractivity (Wildman–Crippen MR) is 292 cm³/mol. The van der Waals surface area contributed by atoms with Crippen LogP contribution in [-0.2, 0) is 0 Å². The number of furan rings is 2. The fraction of sp³-hybridized carbons (Fsp3) is 0. The minimum atomic E-state index is 0.285. The van der Waals surface area contributed by atoms with E-state index in [1.807, 2.05) is 72.8 Å². The number of nitrogen functional groups attached to an aromatic ring is 2. The highest BCUT2D eigenvalue weighted by molar-refractivity contribution is 6.49. The first-order valence-electron chi connectivity index (χ1n) is 22.6. The minimum absolute atomic E-state index is 0.285. The second kappa shape index (κ2) is 19.2. The summed E-state index contributed by atoms with van der Waals surface area (Å²) in [5.74, 6) is 0. The zero-order valence-corrected chi connectivity index (χ0v) is 37.8. The number of anilines is 8. The maximum absolute atomic E-state index is 7.03. The Kier molecular flexibility index (Phi) is 12.1. The molecular formula is C60H46N8O2. The first-order chi connectivity index (χ1) is 34.2. The van der Waals surface area contributed by atoms with Gasteiger partial charge in [0, 0.05) is 55.7 Å². The van der Waals surface area contributed by atoms with Gasteiger partial charge in [-0.3, -0.25) is 21.6 Å². The van der Waals surface area contributed by atoms with Crippen molar-refractivity contribution >= 4 is 112 Å². The number of nitrogens with two attached hydrogens (primary N) is 2. The van der Waals surface area contributed by atoms with Crippen LogP contribution in [0.5, 0.6) is 0 Å². The van der Waals surface area contributed by atoms with Gasteiger partial charge >= 0.3 is 0 Å². The standard InChI is InChI=1S/C48H34N4O2.2C6H6N2/c49-33-9-5-11-37(29-33)51(43-17-7-15-41-39-13-1-3-19-45(39)53-47(41)43)35-25-21-31(22-26-35)32-23-27-36(28-24-32)52(38-12-6-10-34(50)30-38)44-18-8-16-42-40-14-2-4-20-46(40)54-48(42)44;2*7-5-3-1-2-4-6(5)8/h1-30H,49-50H2;2*1-4,7-8H. The van der Waals surface area contributed by atoms with E-state index in [4.69, 9.17) is 41.9 Å². The third kappa shape index (κ3) is 8.91. The number of hydrogen-bond acceptors (Lipinski definition) is 10. The number of rotatable bonds is 7. The minimum Gasteiger partial charge on any atom is -0.454 e. The fourth-order valence-corrected chi connectivity index (χ4v) is 8.57. The van der Waals surface area contributed by atoms with Crippen LogP contribution in [0, 0.1) is 21.6 Å². The molecule has 2 heterocycles. The lowest BCUT2D eigenvalue weighted by atomic mass is 10.0. The van der Waals surface area contributed by atoms with Crippen molar-refractivity contribution in [1.29, 1.82) is 21.6 Å². The summed E-state index contributed by atoms with van der Waals surface area (Å²) in [6, 6.07) is 62.0. The molecule has 70 heavy (non-hydrogen) atoms. The van der Waals surface area contributed by atoms with Crippen LogP contribution in [0.2, 0.25) is 0 Å². The number of hydrogen-bond donors (Lipinski definition) is 6. The number of benzene rings is 8. The smallest absolute Gasteiger partial charge is 0.159 e. The third-order valence-electron chi connectivity index (χ3n) is 11.9. The van der Waals surface area contributed by atoms with Gasteiger partial charge < -0.3 is 30.1 Å². The maximum Gasteiger partial charge on any atom is 0.159 e. The summed E-state index contributed by atoms with van der Waals surface area (Å²) in [5, 5.41) is 32.4. The summed E-state index contributed by atoms with van der Waals surface area (Å²) in [6.45, 7) is 0. The van der Waals surface area contributed by atoms with Crippen LogP contribution in [0.1, 0.15) is 0 Å². The van der Waals surface area contributed by atoms with Crippen molar-refractivity contribution < 1.29 is 8.83 Å². The summed E-state index contributed by atoms with van der Waals surface area (Å²) >= 11 is 0. The molecule has 10 nitrogen and oxygen atoms in total. The lowest BCUT2D eigenvalue weighted by molar-refractivity contribution is 0.668. The van der Waals surface area contributed by atoms with E-state index in [0.717, 1.165) is 89.1 Å². The van der Waals surface area contributed by atoms with Crippen LogP contribution in [0.15, 0.2) is 239 Å². The Morgan fingerprint density at radius 3 is 1.03 bits per heavy atom. The molecule has 2 aliphatic rings. The van der Waals surface area contributed by atoms with Crippen LogP contribution in [0.4, 0.5) is 45.5 Å². The molecule has 8 aromatic carbocycles. The van der Waals surface area contributed by atoms with Gasteiger partial charge in [-0.25, -0.2) is 0 Å². The molecule has 338 valence electrons. The average molecular weight is 911 g/mol. The molecule has 10 aromatic rings. The van der Waals surface area contributed by atoms with Crippen LogP contribution >= 0.6 is 0 Å². The molecule has 0 amide bonds. The Labute approximate surface area is 404 Å². The molecule has 0 bridgehead atoms. The van der Waals surface area contributed by atoms with Crippen LogP contribution in [-0.4, -0.2) is 22.8 Å². The Hall–Kier alpha value is -9.80. The molecule has 0 unspecified atom stereocenters. The summed E-state index contributed by atoms with van der Waals surface area (Å²) in [4.78, 5) is 4.41. The molecule has 10 heteroatoms. The molecule has 2 aliphatic carbocycles. The maximum atomic E-state index is 7.03. The zero-order chi connectivity index (χ0) is 48.1. The molecule has 2 aromatic heterocycles.